The third-order valence-electron chi connectivity index (χ3n) is 5.46. The molecule has 0 fully saturated rings. The second-order valence-corrected chi connectivity index (χ2v) is 8.23. The van der Waals surface area contributed by atoms with Gasteiger partial charge in [0.2, 0.25) is 5.91 Å². The zero-order valence-electron chi connectivity index (χ0n) is 19.1. The van der Waals surface area contributed by atoms with Crippen molar-refractivity contribution < 1.29 is 23.1 Å². The number of carbonyl (C=O) groups excluding carboxylic acids is 1. The van der Waals surface area contributed by atoms with E-state index in [1.165, 1.54) is 12.1 Å². The minimum Gasteiger partial charge on any atom is -0.396 e. The van der Waals surface area contributed by atoms with Gasteiger partial charge in [0, 0.05) is 35.5 Å². The van der Waals surface area contributed by atoms with Crippen molar-refractivity contribution in [1.29, 1.82) is 0 Å². The van der Waals surface area contributed by atoms with Gasteiger partial charge in [-0.1, -0.05) is 44.2 Å². The fourth-order valence-corrected chi connectivity index (χ4v) is 3.72. The first-order valence-electron chi connectivity index (χ1n) is 10.8. The Hall–Kier alpha value is -3.46. The Morgan fingerprint density at radius 2 is 1.76 bits per heavy atom. The van der Waals surface area contributed by atoms with Crippen molar-refractivity contribution in [2.24, 2.45) is 0 Å². The van der Waals surface area contributed by atoms with Crippen LogP contribution >= 0.6 is 0 Å². The normalized spacial score (nSPS) is 11.6. The molecule has 0 radical (unpaired) electrons. The Balaban J connectivity index is 2.04. The number of anilines is 1. The van der Waals surface area contributed by atoms with Gasteiger partial charge in [0.25, 0.3) is 5.56 Å². The lowest BCUT2D eigenvalue weighted by molar-refractivity contribution is -0.137. The van der Waals surface area contributed by atoms with Crippen LogP contribution in [0.4, 0.5) is 18.9 Å². The molecule has 0 aliphatic heterocycles. The molecule has 0 bridgehead atoms. The first-order valence-corrected chi connectivity index (χ1v) is 10.8. The lowest BCUT2D eigenvalue weighted by Gasteiger charge is -2.17. The Labute approximate surface area is 195 Å². The molecule has 1 amide bonds. The number of halogens is 3. The lowest BCUT2D eigenvalue weighted by atomic mass is 10.0. The van der Waals surface area contributed by atoms with Gasteiger partial charge >= 0.3 is 6.18 Å². The van der Waals surface area contributed by atoms with Gasteiger partial charge in [0.1, 0.15) is 12.4 Å². The van der Waals surface area contributed by atoms with Crippen LogP contribution < -0.4 is 10.9 Å². The van der Waals surface area contributed by atoms with Crippen LogP contribution in [-0.2, 0) is 23.9 Å². The molecule has 3 rings (SSSR count). The third-order valence-corrected chi connectivity index (χ3v) is 5.46. The molecule has 0 saturated carbocycles. The summed E-state index contributed by atoms with van der Waals surface area (Å²) in [4.78, 5) is 30.6. The summed E-state index contributed by atoms with van der Waals surface area (Å²) in [6, 6.07) is 11.6. The van der Waals surface area contributed by atoms with Gasteiger partial charge in [0.05, 0.1) is 5.56 Å². The number of rotatable bonds is 7. The number of hydrogen-bond donors (Lipinski definition) is 2. The van der Waals surface area contributed by atoms with Crippen molar-refractivity contribution >= 4 is 11.6 Å². The molecule has 0 aliphatic rings. The molecule has 3 aromatic rings. The van der Waals surface area contributed by atoms with Gasteiger partial charge in [-0.3, -0.25) is 14.2 Å². The average Bonchev–Trinajstić information content (AvgIpc) is 2.78. The number of benzene rings is 2. The molecule has 0 saturated heterocycles. The Kier molecular flexibility index (Phi) is 7.56. The van der Waals surface area contributed by atoms with E-state index in [2.05, 4.69) is 10.3 Å². The molecule has 1 aromatic heterocycles. The minimum absolute atomic E-state index is 0.0444. The molecular formula is C25H26F3N3O3. The summed E-state index contributed by atoms with van der Waals surface area (Å²) in [5, 5.41) is 12.2. The van der Waals surface area contributed by atoms with Gasteiger partial charge in [-0.15, -0.1) is 0 Å². The highest BCUT2D eigenvalue weighted by Gasteiger charge is 2.30. The third kappa shape index (κ3) is 5.53. The number of alkyl halides is 3. The van der Waals surface area contributed by atoms with E-state index in [4.69, 9.17) is 0 Å². The topological polar surface area (TPSA) is 84.2 Å². The van der Waals surface area contributed by atoms with Crippen LogP contribution in [0.25, 0.3) is 11.4 Å². The van der Waals surface area contributed by atoms with Crippen molar-refractivity contribution in [2.75, 3.05) is 11.9 Å². The summed E-state index contributed by atoms with van der Waals surface area (Å²) >= 11 is 0. The second kappa shape index (κ2) is 10.2. The number of amides is 1. The Morgan fingerprint density at radius 3 is 2.35 bits per heavy atom. The summed E-state index contributed by atoms with van der Waals surface area (Å²) in [6.07, 6.45) is -4.46. The van der Waals surface area contributed by atoms with Crippen molar-refractivity contribution in [2.45, 2.75) is 45.8 Å². The first kappa shape index (κ1) is 25.2. The molecular weight excluding hydrogens is 447 g/mol. The number of hydrogen-bond acceptors (Lipinski definition) is 4. The van der Waals surface area contributed by atoms with Crippen LogP contribution in [0.3, 0.4) is 0 Å². The minimum atomic E-state index is -4.50. The molecule has 180 valence electrons. The van der Waals surface area contributed by atoms with Crippen molar-refractivity contribution in [3.8, 4) is 11.4 Å². The maximum absolute atomic E-state index is 13.2. The molecule has 0 aliphatic carbocycles. The summed E-state index contributed by atoms with van der Waals surface area (Å²) in [5.41, 5.74) is 1.03. The van der Waals surface area contributed by atoms with Gasteiger partial charge < -0.3 is 10.4 Å². The highest BCUT2D eigenvalue weighted by molar-refractivity contribution is 5.91. The van der Waals surface area contributed by atoms with E-state index in [1.807, 2.05) is 26.0 Å². The zero-order valence-corrected chi connectivity index (χ0v) is 19.1. The molecule has 2 N–H and O–H groups in total. The van der Waals surface area contributed by atoms with Crippen LogP contribution in [0.15, 0.2) is 53.3 Å². The molecule has 0 atom stereocenters. The van der Waals surface area contributed by atoms with E-state index < -0.39 is 29.8 Å². The Morgan fingerprint density at radius 1 is 1.12 bits per heavy atom. The number of para-hydroxylation sites is 1. The molecule has 0 spiro atoms. The number of carbonyl (C=O) groups is 1. The number of aliphatic hydroxyl groups excluding tert-OH is 1. The highest BCUT2D eigenvalue weighted by atomic mass is 19.4. The smallest absolute Gasteiger partial charge is 0.396 e. The quantitative estimate of drug-likeness (QED) is 0.528. The number of nitrogens with one attached hydrogen (secondary N) is 1. The van der Waals surface area contributed by atoms with Crippen molar-refractivity contribution in [1.82, 2.24) is 9.55 Å². The van der Waals surface area contributed by atoms with E-state index in [0.29, 0.717) is 11.4 Å². The number of aliphatic hydroxyl groups is 1. The SMILES string of the molecule is Cc1nc(-c2ccc(C(F)(F)F)cc2)n(CC(=O)Nc2ccccc2C(C)C)c(=O)c1CCO. The van der Waals surface area contributed by atoms with E-state index in [9.17, 15) is 27.9 Å². The van der Waals surface area contributed by atoms with Gasteiger partial charge in [-0.2, -0.15) is 13.2 Å². The maximum atomic E-state index is 13.2. The second-order valence-electron chi connectivity index (χ2n) is 8.23. The van der Waals surface area contributed by atoms with E-state index >= 15 is 0 Å². The van der Waals surface area contributed by atoms with Crippen LogP contribution in [0.2, 0.25) is 0 Å². The predicted molar refractivity (Wildman–Crippen MR) is 124 cm³/mol. The summed E-state index contributed by atoms with van der Waals surface area (Å²) < 4.78 is 40.1. The zero-order chi connectivity index (χ0) is 25.0. The number of aromatic nitrogens is 2. The van der Waals surface area contributed by atoms with Crippen LogP contribution in [0, 0.1) is 6.92 Å². The highest BCUT2D eigenvalue weighted by Crippen LogP contribution is 2.31. The largest absolute Gasteiger partial charge is 0.416 e. The molecule has 0 unspecified atom stereocenters. The standard InChI is InChI=1S/C25H26F3N3O3/c1-15(2)19-6-4-5-7-21(19)30-22(33)14-31-23(29-16(3)20(12-13-32)24(31)34)17-8-10-18(11-9-17)25(26,27)28/h4-11,15,32H,12-14H2,1-3H3,(H,30,33). The van der Waals surface area contributed by atoms with Crippen LogP contribution in [-0.4, -0.2) is 27.2 Å². The predicted octanol–water partition coefficient (Wildman–Crippen LogP) is 4.53. The average molecular weight is 473 g/mol. The molecule has 6 nitrogen and oxygen atoms in total. The lowest BCUT2D eigenvalue weighted by Crippen LogP contribution is -2.33. The van der Waals surface area contributed by atoms with Gasteiger partial charge in [-0.25, -0.2) is 4.98 Å². The number of aryl methyl sites for hydroxylation is 1. The van der Waals surface area contributed by atoms with Crippen molar-refractivity contribution in [3.63, 3.8) is 0 Å². The summed E-state index contributed by atoms with van der Waals surface area (Å²) in [5.74, 6) is -0.256. The number of nitrogens with zero attached hydrogens (tertiary/aromatic N) is 2. The van der Waals surface area contributed by atoms with Gasteiger partial charge in [-0.05, 0) is 36.6 Å². The monoisotopic (exact) mass is 473 g/mol. The molecule has 34 heavy (non-hydrogen) atoms. The van der Waals surface area contributed by atoms with E-state index in [0.717, 1.165) is 22.3 Å². The van der Waals surface area contributed by atoms with E-state index in [-0.39, 0.29) is 35.9 Å². The van der Waals surface area contributed by atoms with E-state index in [1.54, 1.807) is 19.1 Å². The van der Waals surface area contributed by atoms with Crippen LogP contribution in [0.5, 0.6) is 0 Å². The summed E-state index contributed by atoms with van der Waals surface area (Å²) in [7, 11) is 0. The fraction of sp³-hybridized carbons (Fsp3) is 0.320. The van der Waals surface area contributed by atoms with Crippen LogP contribution in [0.1, 0.15) is 42.1 Å². The summed E-state index contributed by atoms with van der Waals surface area (Å²) in [6.45, 7) is 4.88. The van der Waals surface area contributed by atoms with Gasteiger partial charge in [0.15, 0.2) is 0 Å². The first-order chi connectivity index (χ1) is 16.0. The molecule has 1 heterocycles. The fourth-order valence-electron chi connectivity index (χ4n) is 3.72. The molecule has 2 aromatic carbocycles. The maximum Gasteiger partial charge on any atom is 0.416 e. The Bertz CT molecular complexity index is 1230. The molecule has 9 heteroatoms. The van der Waals surface area contributed by atoms with Crippen molar-refractivity contribution in [3.05, 3.63) is 81.3 Å².